The number of esters is 1. The van der Waals surface area contributed by atoms with Crippen molar-refractivity contribution in [1.82, 2.24) is 15.5 Å². The molecule has 1 aliphatic heterocycles. The van der Waals surface area contributed by atoms with Crippen molar-refractivity contribution in [3.8, 4) is 0 Å². The maximum Gasteiger partial charge on any atom is 0.331 e. The lowest BCUT2D eigenvalue weighted by molar-refractivity contribution is -0.143. The van der Waals surface area contributed by atoms with Crippen LogP contribution in [0.15, 0.2) is 12.4 Å². The third-order valence-corrected chi connectivity index (χ3v) is 3.14. The van der Waals surface area contributed by atoms with Gasteiger partial charge in [-0.25, -0.2) is 14.5 Å². The first-order chi connectivity index (χ1) is 9.04. The predicted molar refractivity (Wildman–Crippen MR) is 71.5 cm³/mol. The molecule has 7 nitrogen and oxygen atoms in total. The molecule has 2 N–H and O–H groups in total. The lowest BCUT2D eigenvalue weighted by atomic mass is 10.5. The number of carbonyl (C=O) groups is 3. The number of imide groups is 1. The van der Waals surface area contributed by atoms with Gasteiger partial charge in [0, 0.05) is 5.75 Å². The summed E-state index contributed by atoms with van der Waals surface area (Å²) in [6.07, 6.45) is 0.327. The summed E-state index contributed by atoms with van der Waals surface area (Å²) in [5.41, 5.74) is 0. The van der Waals surface area contributed by atoms with E-state index in [1.54, 1.807) is 11.8 Å². The minimum Gasteiger partial charge on any atom is -0.464 e. The Morgan fingerprint density at radius 2 is 2.00 bits per heavy atom. The van der Waals surface area contributed by atoms with E-state index in [1.807, 2.05) is 6.92 Å². The Kier molecular flexibility index (Phi) is 6.20. The standard InChI is InChI=1S/C11H17N3O4S/c1-3-19-7-4-9(15)18-6-5-14-10(16)12-8(2)13-11(14)17/h2-7H2,1H3,(H,12,16)(H,13,17). The first kappa shape index (κ1) is 15.4. The molecule has 0 unspecified atom stereocenters. The molecule has 106 valence electrons. The van der Waals surface area contributed by atoms with E-state index >= 15 is 0 Å². The van der Waals surface area contributed by atoms with Gasteiger partial charge in [-0.2, -0.15) is 11.8 Å². The number of rotatable bonds is 7. The number of thioether (sulfide) groups is 1. The van der Waals surface area contributed by atoms with E-state index in [9.17, 15) is 14.4 Å². The summed E-state index contributed by atoms with van der Waals surface area (Å²) in [4.78, 5) is 35.1. The first-order valence-corrected chi connectivity index (χ1v) is 7.01. The maximum absolute atomic E-state index is 11.5. The van der Waals surface area contributed by atoms with Crippen LogP contribution in [0.2, 0.25) is 0 Å². The van der Waals surface area contributed by atoms with Gasteiger partial charge in [-0.15, -0.1) is 0 Å². The van der Waals surface area contributed by atoms with Crippen LogP contribution >= 0.6 is 11.8 Å². The molecule has 0 aromatic carbocycles. The normalized spacial score (nSPS) is 15.0. The highest BCUT2D eigenvalue weighted by atomic mass is 32.2. The van der Waals surface area contributed by atoms with Gasteiger partial charge in [0.1, 0.15) is 12.4 Å². The summed E-state index contributed by atoms with van der Waals surface area (Å²) in [5.74, 6) is 1.47. The molecule has 1 fully saturated rings. The molecule has 1 aliphatic rings. The first-order valence-electron chi connectivity index (χ1n) is 5.86. The van der Waals surface area contributed by atoms with Crippen LogP contribution in [0, 0.1) is 0 Å². The fourth-order valence-electron chi connectivity index (χ4n) is 1.34. The van der Waals surface area contributed by atoms with Crippen LogP contribution in [0.3, 0.4) is 0 Å². The molecular formula is C11H17N3O4S. The van der Waals surface area contributed by atoms with E-state index in [0.717, 1.165) is 10.7 Å². The van der Waals surface area contributed by atoms with E-state index in [0.29, 0.717) is 12.2 Å². The number of carbonyl (C=O) groups excluding carboxylic acids is 3. The van der Waals surface area contributed by atoms with Crippen molar-refractivity contribution < 1.29 is 19.1 Å². The van der Waals surface area contributed by atoms with Crippen molar-refractivity contribution in [2.75, 3.05) is 24.7 Å². The van der Waals surface area contributed by atoms with E-state index in [-0.39, 0.29) is 24.9 Å². The maximum atomic E-state index is 11.5. The zero-order chi connectivity index (χ0) is 14.3. The summed E-state index contributed by atoms with van der Waals surface area (Å²) in [5, 5.41) is 4.71. The van der Waals surface area contributed by atoms with Crippen molar-refractivity contribution >= 4 is 29.8 Å². The van der Waals surface area contributed by atoms with E-state index in [1.165, 1.54) is 0 Å². The monoisotopic (exact) mass is 287 g/mol. The van der Waals surface area contributed by atoms with Crippen molar-refractivity contribution in [2.24, 2.45) is 0 Å². The SMILES string of the molecule is C=C1NC(=O)N(CCOC(=O)CCSCC)C(=O)N1. The molecule has 1 saturated heterocycles. The van der Waals surface area contributed by atoms with Crippen LogP contribution in [0.5, 0.6) is 0 Å². The molecule has 1 rings (SSSR count). The zero-order valence-corrected chi connectivity index (χ0v) is 11.5. The molecule has 0 bridgehead atoms. The minimum atomic E-state index is -0.577. The van der Waals surface area contributed by atoms with Gasteiger partial charge < -0.3 is 4.74 Å². The highest BCUT2D eigenvalue weighted by Gasteiger charge is 2.27. The summed E-state index contributed by atoms with van der Waals surface area (Å²) in [7, 11) is 0. The van der Waals surface area contributed by atoms with Gasteiger partial charge >= 0.3 is 18.0 Å². The minimum absolute atomic E-state index is 0.0110. The third-order valence-electron chi connectivity index (χ3n) is 2.24. The molecule has 4 amide bonds. The second-order valence-corrected chi connectivity index (χ2v) is 5.05. The molecule has 8 heteroatoms. The van der Waals surface area contributed by atoms with Crippen molar-refractivity contribution in [1.29, 1.82) is 0 Å². The van der Waals surface area contributed by atoms with Gasteiger partial charge in [0.2, 0.25) is 0 Å². The number of nitrogens with one attached hydrogen (secondary N) is 2. The van der Waals surface area contributed by atoms with E-state index < -0.39 is 12.1 Å². The number of nitrogens with zero attached hydrogens (tertiary/aromatic N) is 1. The van der Waals surface area contributed by atoms with Gasteiger partial charge in [0.25, 0.3) is 0 Å². The fourth-order valence-corrected chi connectivity index (χ4v) is 1.94. The molecular weight excluding hydrogens is 270 g/mol. The van der Waals surface area contributed by atoms with Gasteiger partial charge in [-0.3, -0.25) is 15.4 Å². The zero-order valence-electron chi connectivity index (χ0n) is 10.7. The number of urea groups is 2. The fraction of sp³-hybridized carbons (Fsp3) is 0.545. The molecule has 0 radical (unpaired) electrons. The molecule has 0 aromatic heterocycles. The Hall–Kier alpha value is -1.70. The van der Waals surface area contributed by atoms with Crippen LogP contribution < -0.4 is 10.6 Å². The van der Waals surface area contributed by atoms with Crippen LogP contribution in [-0.4, -0.2) is 47.6 Å². The lowest BCUT2D eigenvalue weighted by Gasteiger charge is -2.27. The second-order valence-electron chi connectivity index (χ2n) is 3.66. The smallest absolute Gasteiger partial charge is 0.331 e. The molecule has 0 atom stereocenters. The molecule has 0 aromatic rings. The highest BCUT2D eigenvalue weighted by Crippen LogP contribution is 2.03. The topological polar surface area (TPSA) is 87.7 Å². The van der Waals surface area contributed by atoms with Gasteiger partial charge in [-0.1, -0.05) is 13.5 Å². The Labute approximate surface area is 115 Å². The number of hydrogen-bond acceptors (Lipinski definition) is 5. The average Bonchev–Trinajstić information content (AvgIpc) is 2.32. The second kappa shape index (κ2) is 7.67. The Morgan fingerprint density at radius 1 is 1.37 bits per heavy atom. The van der Waals surface area contributed by atoms with Crippen molar-refractivity contribution in [3.05, 3.63) is 12.4 Å². The summed E-state index contributed by atoms with van der Waals surface area (Å²) in [6, 6.07) is -1.15. The van der Waals surface area contributed by atoms with Crippen molar-refractivity contribution in [2.45, 2.75) is 13.3 Å². The van der Waals surface area contributed by atoms with E-state index in [2.05, 4.69) is 17.2 Å². The molecule has 0 saturated carbocycles. The van der Waals surface area contributed by atoms with Crippen LogP contribution in [0.25, 0.3) is 0 Å². The van der Waals surface area contributed by atoms with Crippen LogP contribution in [0.1, 0.15) is 13.3 Å². The number of amides is 4. The number of hydrogen-bond donors (Lipinski definition) is 2. The quantitative estimate of drug-likeness (QED) is 0.536. The third kappa shape index (κ3) is 5.21. The predicted octanol–water partition coefficient (Wildman–Crippen LogP) is 0.879. The Bertz CT molecular complexity index is 366. The average molecular weight is 287 g/mol. The van der Waals surface area contributed by atoms with Gasteiger partial charge in [0.05, 0.1) is 13.0 Å². The summed E-state index contributed by atoms with van der Waals surface area (Å²) in [6.45, 7) is 5.43. The molecule has 0 spiro atoms. The Morgan fingerprint density at radius 3 is 2.58 bits per heavy atom. The lowest BCUT2D eigenvalue weighted by Crippen LogP contribution is -2.56. The summed E-state index contributed by atoms with van der Waals surface area (Å²) >= 11 is 1.65. The van der Waals surface area contributed by atoms with E-state index in [4.69, 9.17) is 4.74 Å². The van der Waals surface area contributed by atoms with Crippen molar-refractivity contribution in [3.63, 3.8) is 0 Å². The highest BCUT2D eigenvalue weighted by molar-refractivity contribution is 7.99. The molecule has 1 heterocycles. The largest absolute Gasteiger partial charge is 0.464 e. The molecule has 0 aliphatic carbocycles. The number of ether oxygens (including phenoxy) is 1. The van der Waals surface area contributed by atoms with Gasteiger partial charge in [-0.05, 0) is 5.75 Å². The Balaban J connectivity index is 2.25. The van der Waals surface area contributed by atoms with Gasteiger partial charge in [0.15, 0.2) is 0 Å². The van der Waals surface area contributed by atoms with Crippen LogP contribution in [-0.2, 0) is 9.53 Å². The van der Waals surface area contributed by atoms with Crippen LogP contribution in [0.4, 0.5) is 9.59 Å². The summed E-state index contributed by atoms with van der Waals surface area (Å²) < 4.78 is 4.94. The molecule has 19 heavy (non-hydrogen) atoms.